The maximum Gasteiger partial charge on any atom is 0.416 e. The molecule has 0 amide bonds. The summed E-state index contributed by atoms with van der Waals surface area (Å²) >= 11 is 0. The number of halogens is 3. The molecule has 0 aliphatic carbocycles. The van der Waals surface area contributed by atoms with E-state index in [0.717, 1.165) is 12.1 Å². The fraction of sp³-hybridized carbons (Fsp3) is 0.238. The van der Waals surface area contributed by atoms with E-state index in [1.807, 2.05) is 0 Å². The first-order valence-electron chi connectivity index (χ1n) is 8.86. The number of hydrogen-bond donors (Lipinski definition) is 0. The van der Waals surface area contributed by atoms with Crippen LogP contribution in [0, 0.1) is 11.5 Å². The van der Waals surface area contributed by atoms with E-state index in [9.17, 15) is 13.2 Å². The van der Waals surface area contributed by atoms with Crippen molar-refractivity contribution < 1.29 is 27.6 Å². The lowest BCUT2D eigenvalue weighted by Crippen LogP contribution is -2.20. The van der Waals surface area contributed by atoms with Crippen molar-refractivity contribution in [3.05, 3.63) is 70.8 Å². The summed E-state index contributed by atoms with van der Waals surface area (Å²) in [4.78, 5) is 13.8. The van der Waals surface area contributed by atoms with Gasteiger partial charge in [-0.25, -0.2) is 0 Å². The summed E-state index contributed by atoms with van der Waals surface area (Å²) in [7, 11) is 2.67. The monoisotopic (exact) mass is 432 g/mol. The molecule has 7 nitrogen and oxygen atoms in total. The topological polar surface area (TPSA) is 88.6 Å². The van der Waals surface area contributed by atoms with Crippen LogP contribution in [0.5, 0.6) is 0 Å². The van der Waals surface area contributed by atoms with Crippen molar-refractivity contribution in [2.24, 2.45) is 15.3 Å². The van der Waals surface area contributed by atoms with Crippen LogP contribution in [0.3, 0.4) is 0 Å². The summed E-state index contributed by atoms with van der Waals surface area (Å²) in [5, 5.41) is 16.7. The second-order valence-electron chi connectivity index (χ2n) is 6.03. The third-order valence-electron chi connectivity index (χ3n) is 4.03. The summed E-state index contributed by atoms with van der Waals surface area (Å²) in [6.07, 6.45) is -2.82. The van der Waals surface area contributed by atoms with Gasteiger partial charge in [0.15, 0.2) is 5.71 Å². The molecule has 0 aromatic heterocycles. The first kappa shape index (κ1) is 23.4. The number of hydrogen-bond acceptors (Lipinski definition) is 7. The van der Waals surface area contributed by atoms with Gasteiger partial charge in [0.25, 0.3) is 5.90 Å². The first-order valence-corrected chi connectivity index (χ1v) is 8.86. The zero-order valence-electron chi connectivity index (χ0n) is 17.0. The molecule has 31 heavy (non-hydrogen) atoms. The highest BCUT2D eigenvalue weighted by molar-refractivity contribution is 6.45. The lowest BCUT2D eigenvalue weighted by molar-refractivity contribution is -0.137. The SMILES string of the molecule is CO/N=C(/C(=NC#N)OC)c1ccccc1CO/N=C(\C)c1cccc(C(F)(F)F)c1. The molecular formula is C21H19F3N4O3. The van der Waals surface area contributed by atoms with Crippen LogP contribution < -0.4 is 0 Å². The minimum Gasteiger partial charge on any atom is -0.479 e. The highest BCUT2D eigenvalue weighted by Gasteiger charge is 2.30. The van der Waals surface area contributed by atoms with Gasteiger partial charge >= 0.3 is 6.18 Å². The maximum absolute atomic E-state index is 12.9. The van der Waals surface area contributed by atoms with Crippen LogP contribution in [0.4, 0.5) is 13.2 Å². The Morgan fingerprint density at radius 3 is 2.45 bits per heavy atom. The van der Waals surface area contributed by atoms with Crippen LogP contribution in [0.1, 0.15) is 29.2 Å². The summed E-state index contributed by atoms with van der Waals surface area (Å²) in [6, 6.07) is 11.7. The van der Waals surface area contributed by atoms with Gasteiger partial charge in [0.1, 0.15) is 13.7 Å². The highest BCUT2D eigenvalue weighted by atomic mass is 19.4. The highest BCUT2D eigenvalue weighted by Crippen LogP contribution is 2.29. The van der Waals surface area contributed by atoms with Gasteiger partial charge in [0.05, 0.1) is 18.4 Å². The standard InChI is InChI=1S/C21H19F3N4O3/c1-14(15-8-6-9-17(11-15)21(22,23)24)27-31-12-16-7-4-5-10-18(16)19(28-30-3)20(29-2)26-13-25/h4-11H,12H2,1-3H3/b26-20?,27-14+,28-19+. The predicted molar refractivity (Wildman–Crippen MR) is 108 cm³/mol. The van der Waals surface area contributed by atoms with E-state index in [2.05, 4.69) is 15.3 Å². The lowest BCUT2D eigenvalue weighted by atomic mass is 10.0. The molecule has 0 fully saturated rings. The number of nitriles is 1. The second kappa shape index (κ2) is 10.8. The zero-order valence-corrected chi connectivity index (χ0v) is 17.0. The van der Waals surface area contributed by atoms with Crippen molar-refractivity contribution in [2.75, 3.05) is 14.2 Å². The minimum absolute atomic E-state index is 0.0290. The number of oxime groups is 2. The third kappa shape index (κ3) is 6.30. The third-order valence-corrected chi connectivity index (χ3v) is 4.03. The van der Waals surface area contributed by atoms with Crippen LogP contribution in [-0.2, 0) is 27.2 Å². The zero-order chi connectivity index (χ0) is 22.9. The van der Waals surface area contributed by atoms with E-state index in [-0.39, 0.29) is 29.5 Å². The summed E-state index contributed by atoms with van der Waals surface area (Å²) < 4.78 is 43.8. The average Bonchev–Trinajstić information content (AvgIpc) is 2.76. The normalized spacial score (nSPS) is 12.9. The lowest BCUT2D eigenvalue weighted by Gasteiger charge is -2.12. The number of methoxy groups -OCH3 is 1. The average molecular weight is 432 g/mol. The fourth-order valence-electron chi connectivity index (χ4n) is 2.58. The summed E-state index contributed by atoms with van der Waals surface area (Å²) in [6.45, 7) is 1.51. The van der Waals surface area contributed by atoms with E-state index in [1.54, 1.807) is 37.4 Å². The summed E-state index contributed by atoms with van der Waals surface area (Å²) in [5.41, 5.74) is 1.10. The second-order valence-corrected chi connectivity index (χ2v) is 6.03. The van der Waals surface area contributed by atoms with Crippen molar-refractivity contribution in [3.8, 4) is 6.19 Å². The Morgan fingerprint density at radius 1 is 1.06 bits per heavy atom. The largest absolute Gasteiger partial charge is 0.479 e. The molecule has 2 aromatic carbocycles. The van der Waals surface area contributed by atoms with Gasteiger partial charge in [0.2, 0.25) is 6.19 Å². The Hall–Kier alpha value is -3.87. The van der Waals surface area contributed by atoms with Crippen LogP contribution in [0.15, 0.2) is 63.8 Å². The molecule has 0 atom stereocenters. The number of ether oxygens (including phenoxy) is 1. The Labute approximate surface area is 177 Å². The van der Waals surface area contributed by atoms with Crippen LogP contribution in [0.25, 0.3) is 0 Å². The number of benzene rings is 2. The Bertz CT molecular complexity index is 1040. The van der Waals surface area contributed by atoms with Gasteiger partial charge in [-0.05, 0) is 24.6 Å². The van der Waals surface area contributed by atoms with Gasteiger partial charge in [0, 0.05) is 11.1 Å². The Balaban J connectivity index is 2.27. The van der Waals surface area contributed by atoms with Gasteiger partial charge in [-0.15, -0.1) is 4.99 Å². The minimum atomic E-state index is -4.45. The van der Waals surface area contributed by atoms with Gasteiger partial charge in [-0.1, -0.05) is 46.7 Å². The number of aliphatic imine (C=N–C) groups is 1. The van der Waals surface area contributed by atoms with Crippen molar-refractivity contribution in [2.45, 2.75) is 19.7 Å². The Morgan fingerprint density at radius 2 is 1.81 bits per heavy atom. The molecule has 10 heteroatoms. The number of nitrogens with zero attached hydrogens (tertiary/aromatic N) is 4. The molecule has 2 aromatic rings. The fourth-order valence-corrected chi connectivity index (χ4v) is 2.58. The van der Waals surface area contributed by atoms with Crippen molar-refractivity contribution in [1.82, 2.24) is 0 Å². The van der Waals surface area contributed by atoms with Crippen LogP contribution in [0.2, 0.25) is 0 Å². The molecule has 0 bridgehead atoms. The molecule has 0 unspecified atom stereocenters. The number of rotatable bonds is 7. The van der Waals surface area contributed by atoms with Crippen LogP contribution in [-0.4, -0.2) is 31.5 Å². The van der Waals surface area contributed by atoms with Gasteiger partial charge in [-0.3, -0.25) is 0 Å². The van der Waals surface area contributed by atoms with E-state index in [4.69, 9.17) is 19.7 Å². The molecular weight excluding hydrogens is 413 g/mol. The smallest absolute Gasteiger partial charge is 0.416 e. The molecule has 2 rings (SSSR count). The molecule has 0 saturated heterocycles. The number of alkyl halides is 3. The van der Waals surface area contributed by atoms with Crippen LogP contribution >= 0.6 is 0 Å². The predicted octanol–water partition coefficient (Wildman–Crippen LogP) is 4.52. The maximum atomic E-state index is 12.9. The molecule has 162 valence electrons. The molecule has 0 saturated carbocycles. The molecule has 0 spiro atoms. The van der Waals surface area contributed by atoms with E-state index >= 15 is 0 Å². The van der Waals surface area contributed by atoms with Crippen molar-refractivity contribution in [3.63, 3.8) is 0 Å². The van der Waals surface area contributed by atoms with E-state index in [1.165, 1.54) is 26.4 Å². The summed E-state index contributed by atoms with van der Waals surface area (Å²) in [5.74, 6) is -0.0551. The molecule has 0 aliphatic rings. The van der Waals surface area contributed by atoms with Gasteiger partial charge in [-0.2, -0.15) is 18.4 Å². The first-order chi connectivity index (χ1) is 14.8. The quantitative estimate of drug-likeness (QED) is 0.278. The van der Waals surface area contributed by atoms with Gasteiger partial charge < -0.3 is 14.4 Å². The molecule has 0 N–H and O–H groups in total. The van der Waals surface area contributed by atoms with E-state index in [0.29, 0.717) is 11.1 Å². The molecule has 0 aliphatic heterocycles. The molecule has 0 heterocycles. The van der Waals surface area contributed by atoms with Crippen molar-refractivity contribution >= 4 is 17.3 Å². The van der Waals surface area contributed by atoms with E-state index < -0.39 is 11.7 Å². The molecule has 0 radical (unpaired) electrons. The van der Waals surface area contributed by atoms with Crippen molar-refractivity contribution in [1.29, 1.82) is 5.26 Å². The Kier molecular flexibility index (Phi) is 8.14.